The third kappa shape index (κ3) is 2.29. The van der Waals surface area contributed by atoms with Crippen molar-refractivity contribution in [2.75, 3.05) is 14.2 Å². The lowest BCUT2D eigenvalue weighted by Crippen LogP contribution is -2.49. The van der Waals surface area contributed by atoms with E-state index in [9.17, 15) is 14.4 Å². The molecule has 2 aliphatic rings. The topological polar surface area (TPSA) is 78.9 Å². The van der Waals surface area contributed by atoms with Crippen molar-refractivity contribution in [3.8, 4) is 5.75 Å². The van der Waals surface area contributed by atoms with E-state index in [1.54, 1.807) is 43.5 Å². The summed E-state index contributed by atoms with van der Waals surface area (Å²) < 4.78 is 15.2. The molecule has 6 nitrogen and oxygen atoms in total. The van der Waals surface area contributed by atoms with E-state index in [-0.39, 0.29) is 0 Å². The Kier molecular flexibility index (Phi) is 3.98. The number of carbonyl (C=O) groups excluding carboxylic acids is 3. The van der Waals surface area contributed by atoms with Gasteiger partial charge in [-0.05, 0) is 35.2 Å². The lowest BCUT2D eigenvalue weighted by Gasteiger charge is -2.40. The molecule has 138 valence electrons. The number of benzene rings is 2. The molecule has 1 fully saturated rings. The number of fused-ring (bicyclic) bond motifs is 3. The van der Waals surface area contributed by atoms with Crippen molar-refractivity contribution >= 4 is 17.9 Å². The van der Waals surface area contributed by atoms with E-state index in [1.165, 1.54) is 7.11 Å². The lowest BCUT2D eigenvalue weighted by atomic mass is 9.57. The van der Waals surface area contributed by atoms with Crippen LogP contribution in [0, 0.1) is 5.41 Å². The van der Waals surface area contributed by atoms with Crippen LogP contribution in [-0.4, -0.2) is 32.1 Å². The number of ether oxygens (including phenoxy) is 3. The van der Waals surface area contributed by atoms with Crippen LogP contribution in [0.15, 0.2) is 48.5 Å². The van der Waals surface area contributed by atoms with Gasteiger partial charge >= 0.3 is 17.9 Å². The third-order valence-electron chi connectivity index (χ3n) is 5.60. The first-order valence-electron chi connectivity index (χ1n) is 8.60. The van der Waals surface area contributed by atoms with Crippen molar-refractivity contribution in [1.29, 1.82) is 0 Å². The first kappa shape index (κ1) is 17.3. The molecule has 4 rings (SSSR count). The van der Waals surface area contributed by atoms with E-state index in [1.807, 2.05) is 12.1 Å². The molecule has 1 aliphatic heterocycles. The van der Waals surface area contributed by atoms with E-state index in [2.05, 4.69) is 0 Å². The standard InChI is InChI=1S/C21H18O6/c1-25-14-9-7-12(8-10-14)16-11-13-5-3-4-6-15(13)17-18(22)27-20(24)21(16,17)19(23)26-2/h3-10,16-17H,11H2,1-2H3/t16-,17-,21-/m0/s1. The first-order valence-corrected chi connectivity index (χ1v) is 8.60. The van der Waals surface area contributed by atoms with Gasteiger partial charge in [-0.1, -0.05) is 36.4 Å². The summed E-state index contributed by atoms with van der Waals surface area (Å²) in [6.45, 7) is 0. The SMILES string of the molecule is COC(=O)[C@@]12C(=O)OC(=O)[C@@H]1c1ccccc1C[C@H]2c1ccc(OC)cc1. The number of esters is 3. The molecule has 27 heavy (non-hydrogen) atoms. The number of cyclic esters (lactones) is 2. The number of hydrogen-bond acceptors (Lipinski definition) is 6. The van der Waals surface area contributed by atoms with Crippen LogP contribution in [0.3, 0.4) is 0 Å². The molecule has 0 unspecified atom stereocenters. The Labute approximate surface area is 156 Å². The molecule has 0 N–H and O–H groups in total. The number of methoxy groups -OCH3 is 2. The normalized spacial score (nSPS) is 26.0. The number of hydrogen-bond donors (Lipinski definition) is 0. The molecule has 0 spiro atoms. The second-order valence-electron chi connectivity index (χ2n) is 6.73. The molecule has 1 saturated heterocycles. The van der Waals surface area contributed by atoms with E-state index in [0.29, 0.717) is 17.7 Å². The van der Waals surface area contributed by atoms with Crippen LogP contribution >= 0.6 is 0 Å². The van der Waals surface area contributed by atoms with Gasteiger partial charge in [0.15, 0.2) is 5.41 Å². The summed E-state index contributed by atoms with van der Waals surface area (Å²) in [7, 11) is 2.78. The Hall–Kier alpha value is -3.15. The maximum atomic E-state index is 12.9. The number of carbonyl (C=O) groups is 3. The minimum atomic E-state index is -1.73. The smallest absolute Gasteiger partial charge is 0.333 e. The Balaban J connectivity index is 1.97. The van der Waals surface area contributed by atoms with E-state index in [4.69, 9.17) is 14.2 Å². The zero-order valence-corrected chi connectivity index (χ0v) is 14.9. The van der Waals surface area contributed by atoms with Crippen molar-refractivity contribution in [3.05, 3.63) is 65.2 Å². The molecule has 0 radical (unpaired) electrons. The van der Waals surface area contributed by atoms with Crippen LogP contribution in [0.1, 0.15) is 28.5 Å². The fourth-order valence-electron chi connectivity index (χ4n) is 4.37. The predicted molar refractivity (Wildman–Crippen MR) is 94.2 cm³/mol. The molecule has 2 aromatic carbocycles. The van der Waals surface area contributed by atoms with Crippen LogP contribution in [-0.2, 0) is 30.3 Å². The van der Waals surface area contributed by atoms with Crippen LogP contribution in [0.2, 0.25) is 0 Å². The third-order valence-corrected chi connectivity index (χ3v) is 5.60. The van der Waals surface area contributed by atoms with Crippen LogP contribution < -0.4 is 4.74 Å². The minimum Gasteiger partial charge on any atom is -0.497 e. The highest BCUT2D eigenvalue weighted by Crippen LogP contribution is 2.58. The van der Waals surface area contributed by atoms with Gasteiger partial charge in [0, 0.05) is 5.92 Å². The zero-order chi connectivity index (χ0) is 19.2. The largest absolute Gasteiger partial charge is 0.497 e. The van der Waals surface area contributed by atoms with Crippen molar-refractivity contribution in [2.24, 2.45) is 5.41 Å². The monoisotopic (exact) mass is 366 g/mol. The van der Waals surface area contributed by atoms with Crippen molar-refractivity contribution < 1.29 is 28.6 Å². The van der Waals surface area contributed by atoms with Crippen LogP contribution in [0.4, 0.5) is 0 Å². The minimum absolute atomic E-state index is 0.413. The predicted octanol–water partition coefficient (Wildman–Crippen LogP) is 2.36. The van der Waals surface area contributed by atoms with E-state index in [0.717, 1.165) is 11.1 Å². The highest BCUT2D eigenvalue weighted by molar-refractivity contribution is 6.15. The van der Waals surface area contributed by atoms with Gasteiger partial charge in [0.25, 0.3) is 0 Å². The van der Waals surface area contributed by atoms with Gasteiger partial charge in [0.1, 0.15) is 11.7 Å². The van der Waals surface area contributed by atoms with Gasteiger partial charge < -0.3 is 14.2 Å². The summed E-state index contributed by atoms with van der Waals surface area (Å²) in [4.78, 5) is 38.4. The van der Waals surface area contributed by atoms with Crippen molar-refractivity contribution in [1.82, 2.24) is 0 Å². The first-order chi connectivity index (χ1) is 13.0. The summed E-state index contributed by atoms with van der Waals surface area (Å²) in [6, 6.07) is 14.5. The summed E-state index contributed by atoms with van der Waals surface area (Å²) in [5, 5.41) is 0. The van der Waals surface area contributed by atoms with Gasteiger partial charge in [0.05, 0.1) is 14.2 Å². The second-order valence-corrected chi connectivity index (χ2v) is 6.73. The van der Waals surface area contributed by atoms with Crippen molar-refractivity contribution in [3.63, 3.8) is 0 Å². The van der Waals surface area contributed by atoms with E-state index < -0.39 is 35.2 Å². The van der Waals surface area contributed by atoms with Gasteiger partial charge in [-0.15, -0.1) is 0 Å². The Bertz CT molecular complexity index is 932. The Morgan fingerprint density at radius 2 is 1.78 bits per heavy atom. The average molecular weight is 366 g/mol. The fraction of sp³-hybridized carbons (Fsp3) is 0.286. The average Bonchev–Trinajstić information content (AvgIpc) is 2.98. The highest BCUT2D eigenvalue weighted by Gasteiger charge is 2.70. The van der Waals surface area contributed by atoms with Crippen LogP contribution in [0.25, 0.3) is 0 Å². The summed E-state index contributed by atoms with van der Waals surface area (Å²) in [5.41, 5.74) is 0.569. The lowest BCUT2D eigenvalue weighted by molar-refractivity contribution is -0.166. The van der Waals surface area contributed by atoms with Gasteiger partial charge in [0.2, 0.25) is 0 Å². The maximum absolute atomic E-state index is 12.9. The molecule has 2 aromatic rings. The molecule has 0 aromatic heterocycles. The molecule has 3 atom stereocenters. The molecule has 0 bridgehead atoms. The quantitative estimate of drug-likeness (QED) is 0.613. The summed E-state index contributed by atoms with van der Waals surface area (Å²) in [6.07, 6.45) is 0.413. The summed E-state index contributed by atoms with van der Waals surface area (Å²) >= 11 is 0. The van der Waals surface area contributed by atoms with Gasteiger partial charge in [-0.2, -0.15) is 0 Å². The van der Waals surface area contributed by atoms with Crippen molar-refractivity contribution in [2.45, 2.75) is 18.3 Å². The molecule has 1 heterocycles. The zero-order valence-electron chi connectivity index (χ0n) is 14.9. The molecule has 0 amide bonds. The molecule has 0 saturated carbocycles. The maximum Gasteiger partial charge on any atom is 0.333 e. The molecule has 1 aliphatic carbocycles. The number of rotatable bonds is 3. The Morgan fingerprint density at radius 1 is 1.07 bits per heavy atom. The molecular weight excluding hydrogens is 348 g/mol. The highest BCUT2D eigenvalue weighted by atomic mass is 16.6. The van der Waals surface area contributed by atoms with Crippen LogP contribution in [0.5, 0.6) is 5.75 Å². The molecular formula is C21H18O6. The van der Waals surface area contributed by atoms with E-state index >= 15 is 0 Å². The molecule has 6 heteroatoms. The fourth-order valence-corrected chi connectivity index (χ4v) is 4.37. The van der Waals surface area contributed by atoms with Gasteiger partial charge in [-0.3, -0.25) is 14.4 Å². The van der Waals surface area contributed by atoms with Gasteiger partial charge in [-0.25, -0.2) is 0 Å². The summed E-state index contributed by atoms with van der Waals surface area (Å²) in [5.74, 6) is -3.26. The second kappa shape index (κ2) is 6.23. The Morgan fingerprint density at radius 3 is 2.44 bits per heavy atom.